The molecule has 0 saturated carbocycles. The molecule has 0 saturated heterocycles. The number of carboxylic acid groups (broad SMARTS) is 5. The summed E-state index contributed by atoms with van der Waals surface area (Å²) in [4.78, 5) is 200. The van der Waals surface area contributed by atoms with Crippen LogP contribution in [0.1, 0.15) is 128 Å². The zero-order chi connectivity index (χ0) is 84.5. The summed E-state index contributed by atoms with van der Waals surface area (Å²) in [6.45, 7) is -0.432. The molecule has 55 heteroatoms. The number of nitrogens with two attached hydrogens (primary N) is 2. The fraction of sp³-hybridized carbons (Fsp3) is 0.800. The second-order valence-electron chi connectivity index (χ2n) is 21.2. The van der Waals surface area contributed by atoms with Crippen LogP contribution in [-0.2, 0) is 76.7 Å². The number of guanidine groups is 1. The van der Waals surface area contributed by atoms with E-state index in [0.29, 0.717) is 107 Å². The molecule has 6 atom stereocenters. The zero-order valence-corrected chi connectivity index (χ0v) is 64.0. The fourth-order valence-electron chi connectivity index (χ4n) is 7.24. The summed E-state index contributed by atoms with van der Waals surface area (Å²) >= 11 is 5.89. The predicted molar refractivity (Wildman–Crippen MR) is 386 cm³/mol. The number of alkyl carbamates (subject to hydrolysis) is 4. The lowest BCUT2D eigenvalue weighted by Crippen LogP contribution is -2.41. The highest BCUT2D eigenvalue weighted by atomic mass is 32.2. The minimum absolute atomic E-state index is 0.0167. The van der Waals surface area contributed by atoms with Gasteiger partial charge in [-0.25, -0.2) is 43.2 Å². The van der Waals surface area contributed by atoms with E-state index in [-0.39, 0.29) is 103 Å². The lowest BCUT2D eigenvalue weighted by molar-refractivity contribution is -0.790. The Balaban J connectivity index is -0.000000419. The molecular formula is C55H100N14O37S4. The van der Waals surface area contributed by atoms with E-state index in [1.165, 1.54) is 47.0 Å². The molecule has 0 aliphatic carbocycles. The van der Waals surface area contributed by atoms with Crippen molar-refractivity contribution < 1.29 is 152 Å². The maximum atomic E-state index is 11.7. The number of thioether (sulfide) groups is 4. The average Bonchev–Trinajstić information content (AvgIpc) is 0.969. The predicted octanol–water partition coefficient (Wildman–Crippen LogP) is 3.36. The molecule has 636 valence electrons. The van der Waals surface area contributed by atoms with Gasteiger partial charge in [0.15, 0.2) is 5.96 Å². The maximum Gasteiger partial charge on any atom is 0.407 e. The smallest absolute Gasteiger partial charge is 0.407 e. The number of amides is 5. The van der Waals surface area contributed by atoms with E-state index >= 15 is 0 Å². The number of aliphatic imine (C=N–C) groups is 1. The van der Waals surface area contributed by atoms with Crippen molar-refractivity contribution in [1.29, 1.82) is 0 Å². The van der Waals surface area contributed by atoms with Gasteiger partial charge in [0.1, 0.15) is 42.9 Å². The van der Waals surface area contributed by atoms with Gasteiger partial charge in [-0.3, -0.25) is 9.79 Å². The van der Waals surface area contributed by atoms with Gasteiger partial charge in [-0.05, 0) is 151 Å². The van der Waals surface area contributed by atoms with Crippen molar-refractivity contribution in [2.75, 3.05) is 114 Å². The van der Waals surface area contributed by atoms with Gasteiger partial charge in [-0.15, -0.1) is 60.7 Å². The van der Waals surface area contributed by atoms with Crippen LogP contribution in [0.15, 0.2) is 4.99 Å². The minimum atomic E-state index is -1.17. The van der Waals surface area contributed by atoms with Crippen LogP contribution >= 0.6 is 47.0 Å². The van der Waals surface area contributed by atoms with Gasteiger partial charge in [-0.2, -0.15) is 47.0 Å². The van der Waals surface area contributed by atoms with Gasteiger partial charge in [0, 0.05) is 19.4 Å². The summed E-state index contributed by atoms with van der Waals surface area (Å²) < 4.78 is 19.1. The number of carbonyl (C=O) groups is 10. The third-order valence-electron chi connectivity index (χ3n) is 12.5. The number of unbranched alkanes of at least 4 members (excludes halogenated alkanes) is 7. The van der Waals surface area contributed by atoms with Crippen LogP contribution in [0.4, 0.5) is 19.2 Å². The summed E-state index contributed by atoms with van der Waals surface area (Å²) in [6.07, 6.45) is 10.6. The molecule has 0 rings (SSSR count). The third-order valence-corrected chi connectivity index (χ3v) is 15.1. The Morgan fingerprint density at radius 3 is 0.945 bits per heavy atom. The molecule has 6 unspecified atom stereocenters. The summed E-state index contributed by atoms with van der Waals surface area (Å²) in [7, 11) is 0. The number of carbonyl (C=O) groups excluding carboxylic acids is 5. The molecule has 0 bridgehead atoms. The van der Waals surface area contributed by atoms with Crippen LogP contribution in [0.5, 0.6) is 0 Å². The lowest BCUT2D eigenvalue weighted by atomic mass is 10.1. The molecule has 0 aromatic rings. The van der Waals surface area contributed by atoms with E-state index in [1.54, 1.807) is 0 Å². The first-order valence-corrected chi connectivity index (χ1v) is 38.4. The van der Waals surface area contributed by atoms with Gasteiger partial charge < -0.3 is 112 Å². The number of hydrogen-bond acceptors (Lipinski definition) is 37. The first-order chi connectivity index (χ1) is 52.0. The number of nitrogens with one attached hydrogen (secondary N) is 5. The lowest BCUT2D eigenvalue weighted by Gasteiger charge is -2.15. The van der Waals surface area contributed by atoms with Crippen molar-refractivity contribution in [3.8, 4) is 0 Å². The number of carboxylic acids is 5. The van der Waals surface area contributed by atoms with Crippen molar-refractivity contribution in [3.63, 3.8) is 0 Å². The molecule has 0 aromatic heterocycles. The number of rotatable bonds is 62. The molecule has 14 N–H and O–H groups in total. The summed E-state index contributed by atoms with van der Waals surface area (Å²) in [5.41, 5.74) is 10.3. The Hall–Kier alpha value is -10.2. The molecule has 0 spiro atoms. The van der Waals surface area contributed by atoms with Crippen LogP contribution in [0.3, 0.4) is 0 Å². The number of aliphatic carboxylic acids is 5. The topological polar surface area (TPSA) is 748 Å². The SMILES string of the molecule is CSCCC(NC(=O)OCCCCC(CO[N+](=O)[O-])O[N+](=O)[O-])C(=O)O.CSCCC(NC(=O)OCCCCCCO[N+](=O)[O-])C(=O)O.CSCCC(NC(=O)OCCCCO[N+](=O)[O-])C(=O)O.CSCCC(NC(=O)OCCCO[N+](=O)[O-])C(=O)O.NC(N)=NCCCC(NC(=O)CCCCCO[N+](=O)[O-])C(=O)O. The van der Waals surface area contributed by atoms with E-state index in [9.17, 15) is 109 Å². The highest BCUT2D eigenvalue weighted by Gasteiger charge is 2.25. The molecule has 0 aliphatic heterocycles. The Labute approximate surface area is 645 Å². The Kier molecular flexibility index (Phi) is 73.1. The molecule has 0 fully saturated rings. The molecule has 0 aliphatic rings. The first kappa shape index (κ1) is 108. The van der Waals surface area contributed by atoms with Crippen molar-refractivity contribution >= 4 is 113 Å². The highest BCUT2D eigenvalue weighted by molar-refractivity contribution is 7.99. The van der Waals surface area contributed by atoms with Crippen molar-refractivity contribution in [3.05, 3.63) is 60.7 Å². The van der Waals surface area contributed by atoms with Crippen LogP contribution in [0.25, 0.3) is 0 Å². The second-order valence-corrected chi connectivity index (χ2v) is 25.1. The van der Waals surface area contributed by atoms with Crippen molar-refractivity contribution in [2.24, 2.45) is 16.5 Å². The highest BCUT2D eigenvalue weighted by Crippen LogP contribution is 2.10. The Morgan fingerprint density at radius 2 is 0.636 bits per heavy atom. The molecule has 110 heavy (non-hydrogen) atoms. The van der Waals surface area contributed by atoms with Gasteiger partial charge in [0.2, 0.25) is 5.91 Å². The van der Waals surface area contributed by atoms with Gasteiger partial charge in [0.05, 0.1) is 52.9 Å². The monoisotopic (exact) mass is 1680 g/mol. The molecule has 0 heterocycles. The van der Waals surface area contributed by atoms with E-state index in [0.717, 1.165) is 12.8 Å². The van der Waals surface area contributed by atoms with Crippen LogP contribution in [-0.4, -0.2) is 272 Å². The Bertz CT molecular complexity index is 2710. The van der Waals surface area contributed by atoms with Crippen LogP contribution < -0.4 is 38.1 Å². The van der Waals surface area contributed by atoms with E-state index in [2.05, 4.69) is 65.3 Å². The van der Waals surface area contributed by atoms with E-state index in [4.69, 9.17) is 51.2 Å². The zero-order valence-electron chi connectivity index (χ0n) is 60.7. The van der Waals surface area contributed by atoms with E-state index < -0.39 is 128 Å². The number of nitrogens with zero attached hydrogens (tertiary/aromatic N) is 7. The quantitative estimate of drug-likeness (QED) is 0.0104. The standard InChI is InChI=1S/C12H23N5O6.C12H21N3O10S.C12H22N2O7S.C10H18N2O7S.C9H16N2O7S/c13-12(14)15-7-4-5-9(11(19)20)16-10(18)6-2-1-3-8-23-17(21)22;1-26-7-5-10(11(16)17)13-12(18)23-6-3-2-4-9(25-15(21)22)8-24-14(19)20;1-22-9-6-10(11(15)16)13-12(17)20-7-4-2-3-5-8-21-14(18)19;1-20-7-4-8(9(13)14)11-10(15)18-5-2-3-6-19-12(16)17;1-19-6-3-7(8(12)13)10-9(14)17-4-2-5-18-11(15)16/h9H,1-8H2,(H,16,18)(H,19,20)(H4,13,14,15);9-10H,2-8H2,1H3,(H,13,18)(H,16,17);10H,2-9H2,1H3,(H,13,17)(H,15,16);8H,2-7H2,1H3,(H,11,15)(H,13,14);7H,2-6H2,1H3,(H,10,14)(H,12,13). The largest absolute Gasteiger partial charge is 0.480 e. The molecule has 0 aromatic carbocycles. The fourth-order valence-corrected chi connectivity index (χ4v) is 9.13. The number of ether oxygens (including phenoxy) is 4. The maximum absolute atomic E-state index is 11.7. The minimum Gasteiger partial charge on any atom is -0.480 e. The normalized spacial score (nSPS) is 11.7. The van der Waals surface area contributed by atoms with E-state index in [1.807, 2.05) is 25.0 Å². The average molecular weight is 1680 g/mol. The van der Waals surface area contributed by atoms with Crippen molar-refractivity contribution in [2.45, 2.75) is 165 Å². The molecule has 5 amide bonds. The van der Waals surface area contributed by atoms with Gasteiger partial charge in [-0.1, -0.05) is 12.8 Å². The van der Waals surface area contributed by atoms with Crippen molar-refractivity contribution in [1.82, 2.24) is 26.6 Å². The van der Waals surface area contributed by atoms with Crippen LogP contribution in [0.2, 0.25) is 0 Å². The van der Waals surface area contributed by atoms with Crippen LogP contribution in [0, 0.1) is 60.7 Å². The van der Waals surface area contributed by atoms with Gasteiger partial charge in [0.25, 0.3) is 30.5 Å². The third kappa shape index (κ3) is 80.3. The summed E-state index contributed by atoms with van der Waals surface area (Å²) in [5.74, 6) is -3.69. The second kappa shape index (κ2) is 74.2. The first-order valence-electron chi connectivity index (χ1n) is 32.8. The molecule has 51 nitrogen and oxygen atoms in total. The summed E-state index contributed by atoms with van der Waals surface area (Å²) in [6, 6.07) is -4.97. The summed E-state index contributed by atoms with van der Waals surface area (Å²) in [5, 5.41) is 110. The number of hydrogen-bond donors (Lipinski definition) is 12. The van der Waals surface area contributed by atoms with Gasteiger partial charge >= 0.3 is 54.2 Å². The Morgan fingerprint density at radius 1 is 0.355 bits per heavy atom. The molecular weight excluding hydrogens is 1580 g/mol. The molecule has 0 radical (unpaired) electrons.